The van der Waals surface area contributed by atoms with Gasteiger partial charge in [0.25, 0.3) is 0 Å². The summed E-state index contributed by atoms with van der Waals surface area (Å²) in [4.78, 5) is 16.7. The zero-order valence-corrected chi connectivity index (χ0v) is 14.6. The molecule has 3 atom stereocenters. The molecule has 1 saturated heterocycles. The number of amides is 2. The molecule has 126 valence electrons. The molecule has 2 fully saturated rings. The molecule has 2 aliphatic rings. The number of nitrogens with one attached hydrogen (secondary N) is 2. The fourth-order valence-electron chi connectivity index (χ4n) is 4.02. The summed E-state index contributed by atoms with van der Waals surface area (Å²) in [7, 11) is 0. The van der Waals surface area contributed by atoms with Gasteiger partial charge in [0.15, 0.2) is 0 Å². The number of urea groups is 1. The first-order valence-electron chi connectivity index (χ1n) is 8.25. The number of carbonyl (C=O) groups is 1. The Labute approximate surface area is 145 Å². The third-order valence-corrected chi connectivity index (χ3v) is 6.01. The molecule has 1 aromatic carbocycles. The van der Waals surface area contributed by atoms with Crippen molar-refractivity contribution in [2.75, 3.05) is 11.9 Å². The van der Waals surface area contributed by atoms with Crippen molar-refractivity contribution < 1.29 is 9.53 Å². The standard InChI is InChI=1S/C18H21N3O2S/c1-18(2)14(13-6-8-23-15(13)18)21-17(22)20-12-5-3-4-11(10-12)16-19-7-9-24-16/h3-5,7,9-10,13-15H,6,8H2,1-2H3,(H2,20,21,22)/t13-,14-,15+/m1/s1. The van der Waals surface area contributed by atoms with Gasteiger partial charge in [-0.05, 0) is 18.6 Å². The Hall–Kier alpha value is -1.92. The largest absolute Gasteiger partial charge is 0.377 e. The zero-order chi connectivity index (χ0) is 16.7. The molecule has 2 amide bonds. The van der Waals surface area contributed by atoms with Crippen LogP contribution in [0.3, 0.4) is 0 Å². The SMILES string of the molecule is CC1(C)[C@H](NC(=O)Nc2cccc(-c3nccs3)c2)[C@H]2CCO[C@@H]21. The molecule has 6 heteroatoms. The molecule has 2 aromatic rings. The molecule has 1 aliphatic carbocycles. The Bertz CT molecular complexity index is 744. The van der Waals surface area contributed by atoms with E-state index in [4.69, 9.17) is 4.74 Å². The van der Waals surface area contributed by atoms with Crippen molar-refractivity contribution in [3.8, 4) is 10.6 Å². The Morgan fingerprint density at radius 1 is 1.42 bits per heavy atom. The number of fused-ring (bicyclic) bond motifs is 1. The second-order valence-electron chi connectivity index (χ2n) is 7.06. The highest BCUT2D eigenvalue weighted by Gasteiger charge is 2.59. The van der Waals surface area contributed by atoms with Gasteiger partial charge in [0.1, 0.15) is 5.01 Å². The molecule has 1 saturated carbocycles. The van der Waals surface area contributed by atoms with Gasteiger partial charge >= 0.3 is 6.03 Å². The average molecular weight is 343 g/mol. The van der Waals surface area contributed by atoms with Crippen LogP contribution in [0.25, 0.3) is 10.6 Å². The summed E-state index contributed by atoms with van der Waals surface area (Å²) in [5, 5.41) is 8.98. The maximum atomic E-state index is 12.4. The Kier molecular flexibility index (Phi) is 3.81. The Morgan fingerprint density at radius 2 is 2.29 bits per heavy atom. The van der Waals surface area contributed by atoms with Crippen LogP contribution in [0.2, 0.25) is 0 Å². The van der Waals surface area contributed by atoms with Crippen molar-refractivity contribution in [2.24, 2.45) is 11.3 Å². The first-order chi connectivity index (χ1) is 11.6. The fourth-order valence-corrected chi connectivity index (χ4v) is 4.66. The molecule has 0 unspecified atom stereocenters. The summed E-state index contributed by atoms with van der Waals surface area (Å²) in [6.45, 7) is 5.12. The van der Waals surface area contributed by atoms with Crippen molar-refractivity contribution in [2.45, 2.75) is 32.4 Å². The summed E-state index contributed by atoms with van der Waals surface area (Å²) in [5.41, 5.74) is 1.77. The maximum Gasteiger partial charge on any atom is 0.319 e. The molecule has 0 bridgehead atoms. The van der Waals surface area contributed by atoms with Crippen LogP contribution in [0.5, 0.6) is 0 Å². The van der Waals surface area contributed by atoms with Gasteiger partial charge in [0.05, 0.1) is 6.10 Å². The number of benzene rings is 1. The smallest absolute Gasteiger partial charge is 0.319 e. The molecule has 4 rings (SSSR count). The van der Waals surface area contributed by atoms with Crippen molar-refractivity contribution in [1.82, 2.24) is 10.3 Å². The van der Waals surface area contributed by atoms with Gasteiger partial charge < -0.3 is 15.4 Å². The highest BCUT2D eigenvalue weighted by atomic mass is 32.1. The van der Waals surface area contributed by atoms with Gasteiger partial charge in [0.2, 0.25) is 0 Å². The number of aromatic nitrogens is 1. The van der Waals surface area contributed by atoms with E-state index < -0.39 is 0 Å². The van der Waals surface area contributed by atoms with E-state index in [1.54, 1.807) is 17.5 Å². The van der Waals surface area contributed by atoms with Crippen LogP contribution in [0.15, 0.2) is 35.8 Å². The maximum absolute atomic E-state index is 12.4. The van der Waals surface area contributed by atoms with E-state index in [1.807, 2.05) is 29.6 Å². The highest BCUT2D eigenvalue weighted by molar-refractivity contribution is 7.13. The number of hydrogen-bond acceptors (Lipinski definition) is 4. The van der Waals surface area contributed by atoms with Crippen LogP contribution in [0.1, 0.15) is 20.3 Å². The van der Waals surface area contributed by atoms with E-state index in [1.165, 1.54) is 0 Å². The molecule has 2 N–H and O–H groups in total. The molecule has 1 aromatic heterocycles. The second-order valence-corrected chi connectivity index (χ2v) is 7.95. The quantitative estimate of drug-likeness (QED) is 0.892. The van der Waals surface area contributed by atoms with Crippen LogP contribution in [-0.4, -0.2) is 29.8 Å². The number of anilines is 1. The van der Waals surface area contributed by atoms with Gasteiger partial charge in [-0.25, -0.2) is 9.78 Å². The second kappa shape index (κ2) is 5.86. The minimum absolute atomic E-state index is 0.0127. The summed E-state index contributed by atoms with van der Waals surface area (Å²) in [6.07, 6.45) is 3.08. The molecule has 0 spiro atoms. The molecule has 5 nitrogen and oxygen atoms in total. The number of nitrogens with zero attached hydrogens (tertiary/aromatic N) is 1. The van der Waals surface area contributed by atoms with E-state index >= 15 is 0 Å². The van der Waals surface area contributed by atoms with Gasteiger partial charge in [-0.1, -0.05) is 26.0 Å². The lowest BCUT2D eigenvalue weighted by Crippen LogP contribution is -2.67. The molecule has 0 radical (unpaired) electrons. The van der Waals surface area contributed by atoms with Crippen molar-refractivity contribution in [3.05, 3.63) is 35.8 Å². The summed E-state index contributed by atoms with van der Waals surface area (Å²) >= 11 is 1.58. The molecule has 1 aliphatic heterocycles. The minimum atomic E-state index is -0.158. The third kappa shape index (κ3) is 2.59. The number of ether oxygens (including phenoxy) is 1. The monoisotopic (exact) mass is 343 g/mol. The van der Waals surface area contributed by atoms with Gasteiger partial charge in [-0.3, -0.25) is 0 Å². The minimum Gasteiger partial charge on any atom is -0.377 e. The van der Waals surface area contributed by atoms with Crippen LogP contribution < -0.4 is 10.6 Å². The van der Waals surface area contributed by atoms with Crippen molar-refractivity contribution in [3.63, 3.8) is 0 Å². The van der Waals surface area contributed by atoms with Crippen LogP contribution >= 0.6 is 11.3 Å². The Balaban J connectivity index is 1.43. The lowest BCUT2D eigenvalue weighted by atomic mass is 9.57. The predicted molar refractivity (Wildman–Crippen MR) is 95.1 cm³/mol. The summed E-state index contributed by atoms with van der Waals surface area (Å²) in [6, 6.07) is 7.77. The van der Waals surface area contributed by atoms with Crippen molar-refractivity contribution >= 4 is 23.1 Å². The number of hydrogen-bond donors (Lipinski definition) is 2. The normalized spacial score (nSPS) is 27.2. The average Bonchev–Trinajstić information content (AvgIpc) is 3.23. The molecular formula is C18H21N3O2S. The van der Waals surface area contributed by atoms with Gasteiger partial charge in [-0.2, -0.15) is 0 Å². The molecular weight excluding hydrogens is 322 g/mol. The van der Waals surface area contributed by atoms with E-state index in [-0.39, 0.29) is 23.6 Å². The van der Waals surface area contributed by atoms with E-state index in [0.717, 1.165) is 29.3 Å². The number of thiazole rings is 1. The topological polar surface area (TPSA) is 63.2 Å². The van der Waals surface area contributed by atoms with Gasteiger partial charge in [-0.15, -0.1) is 11.3 Å². The third-order valence-electron chi connectivity index (χ3n) is 5.19. The number of carbonyl (C=O) groups excluding carboxylic acids is 1. The van der Waals surface area contributed by atoms with E-state index in [2.05, 4.69) is 29.5 Å². The van der Waals surface area contributed by atoms with Crippen LogP contribution in [0.4, 0.5) is 10.5 Å². The predicted octanol–water partition coefficient (Wildman–Crippen LogP) is 3.75. The Morgan fingerprint density at radius 3 is 3.08 bits per heavy atom. The fraction of sp³-hybridized carbons (Fsp3) is 0.444. The first kappa shape index (κ1) is 15.6. The molecule has 24 heavy (non-hydrogen) atoms. The number of rotatable bonds is 3. The summed E-state index contributed by atoms with van der Waals surface area (Å²) < 4.78 is 5.78. The van der Waals surface area contributed by atoms with Gasteiger partial charge in [0, 0.05) is 46.8 Å². The first-order valence-corrected chi connectivity index (χ1v) is 9.13. The molecule has 2 heterocycles. The van der Waals surface area contributed by atoms with Crippen LogP contribution in [-0.2, 0) is 4.74 Å². The van der Waals surface area contributed by atoms with Crippen molar-refractivity contribution in [1.29, 1.82) is 0 Å². The highest BCUT2D eigenvalue weighted by Crippen LogP contribution is 2.52. The lowest BCUT2D eigenvalue weighted by molar-refractivity contribution is -0.107. The van der Waals surface area contributed by atoms with E-state index in [0.29, 0.717) is 5.92 Å². The lowest BCUT2D eigenvalue weighted by Gasteiger charge is -2.54. The van der Waals surface area contributed by atoms with Crippen LogP contribution in [0, 0.1) is 11.3 Å². The summed E-state index contributed by atoms with van der Waals surface area (Å²) in [5.74, 6) is 0.437. The van der Waals surface area contributed by atoms with E-state index in [9.17, 15) is 4.79 Å². The zero-order valence-electron chi connectivity index (χ0n) is 13.8.